The first-order valence-corrected chi connectivity index (χ1v) is 8.61. The number of benzene rings is 1. The van der Waals surface area contributed by atoms with E-state index in [2.05, 4.69) is 26.3 Å². The minimum Gasteiger partial charge on any atom is -0.493 e. The van der Waals surface area contributed by atoms with Crippen molar-refractivity contribution >= 4 is 22.7 Å². The lowest BCUT2D eigenvalue weighted by atomic mass is 9.95. The number of hydrogen-bond donors (Lipinski definition) is 4. The summed E-state index contributed by atoms with van der Waals surface area (Å²) in [5, 5.41) is 15.1. The molecule has 0 aliphatic carbocycles. The lowest BCUT2D eigenvalue weighted by molar-refractivity contribution is 0.421. The van der Waals surface area contributed by atoms with E-state index in [9.17, 15) is 9.90 Å². The summed E-state index contributed by atoms with van der Waals surface area (Å²) < 4.78 is 0. The van der Waals surface area contributed by atoms with Gasteiger partial charge in [0.15, 0.2) is 5.16 Å². The zero-order chi connectivity index (χ0) is 16.0. The molecule has 0 saturated carbocycles. The lowest BCUT2D eigenvalue weighted by Crippen LogP contribution is -2.34. The highest BCUT2D eigenvalue weighted by molar-refractivity contribution is 7.98. The molecular weight excluding hydrogens is 312 g/mol. The van der Waals surface area contributed by atoms with E-state index >= 15 is 0 Å². The van der Waals surface area contributed by atoms with Crippen LogP contribution in [0.1, 0.15) is 22.9 Å². The lowest BCUT2D eigenvalue weighted by Gasteiger charge is -2.24. The highest BCUT2D eigenvalue weighted by Gasteiger charge is 2.30. The second kappa shape index (κ2) is 5.43. The predicted molar refractivity (Wildman–Crippen MR) is 90.2 cm³/mol. The minimum atomic E-state index is -0.390. The summed E-state index contributed by atoms with van der Waals surface area (Å²) in [6.07, 6.45) is 2.68. The maximum atomic E-state index is 12.4. The maximum absolute atomic E-state index is 12.4. The molecular formula is C16H16N4O2S. The van der Waals surface area contributed by atoms with Crippen molar-refractivity contribution in [3.05, 3.63) is 51.4 Å². The molecule has 1 unspecified atom stereocenters. The molecule has 1 aliphatic rings. The average Bonchev–Trinajstić information content (AvgIpc) is 2.93. The van der Waals surface area contributed by atoms with Crippen LogP contribution in [-0.2, 0) is 6.42 Å². The van der Waals surface area contributed by atoms with Crippen molar-refractivity contribution in [2.24, 2.45) is 0 Å². The molecule has 0 saturated heterocycles. The molecule has 3 heterocycles. The van der Waals surface area contributed by atoms with Crippen LogP contribution in [0.4, 0.5) is 0 Å². The van der Waals surface area contributed by atoms with Gasteiger partial charge in [0.25, 0.3) is 5.56 Å². The van der Waals surface area contributed by atoms with Gasteiger partial charge in [-0.25, -0.2) is 0 Å². The molecule has 0 fully saturated rings. The summed E-state index contributed by atoms with van der Waals surface area (Å²) in [5.74, 6) is -0.220. The number of thioether (sulfide) groups is 1. The molecule has 1 aromatic carbocycles. The van der Waals surface area contributed by atoms with E-state index in [0.717, 1.165) is 24.2 Å². The van der Waals surface area contributed by atoms with Crippen LogP contribution < -0.4 is 10.9 Å². The molecule has 23 heavy (non-hydrogen) atoms. The summed E-state index contributed by atoms with van der Waals surface area (Å²) >= 11 is 1.29. The molecule has 1 aliphatic heterocycles. The Bertz CT molecular complexity index is 947. The molecule has 1 atom stereocenters. The second-order valence-electron chi connectivity index (χ2n) is 5.51. The van der Waals surface area contributed by atoms with Crippen LogP contribution in [0.25, 0.3) is 10.9 Å². The van der Waals surface area contributed by atoms with Crippen molar-refractivity contribution in [1.29, 1.82) is 0 Å². The van der Waals surface area contributed by atoms with Crippen molar-refractivity contribution in [2.75, 3.05) is 12.8 Å². The number of aromatic amines is 2. The van der Waals surface area contributed by atoms with Crippen molar-refractivity contribution in [2.45, 2.75) is 17.6 Å². The summed E-state index contributed by atoms with van der Waals surface area (Å²) in [4.78, 5) is 22.6. The number of rotatable bonds is 2. The van der Waals surface area contributed by atoms with Gasteiger partial charge in [0.2, 0.25) is 5.88 Å². The van der Waals surface area contributed by atoms with E-state index in [1.165, 1.54) is 22.7 Å². The first kappa shape index (κ1) is 14.3. The Kier molecular flexibility index (Phi) is 3.39. The van der Waals surface area contributed by atoms with E-state index in [4.69, 9.17) is 0 Å². The van der Waals surface area contributed by atoms with Gasteiger partial charge in [-0.05, 0) is 24.3 Å². The number of aromatic nitrogens is 3. The number of para-hydroxylation sites is 1. The van der Waals surface area contributed by atoms with E-state index in [0.29, 0.717) is 5.16 Å². The van der Waals surface area contributed by atoms with Crippen LogP contribution in [0.5, 0.6) is 5.88 Å². The summed E-state index contributed by atoms with van der Waals surface area (Å²) in [6.45, 7) is 0.739. The Morgan fingerprint density at radius 2 is 2.13 bits per heavy atom. The zero-order valence-electron chi connectivity index (χ0n) is 12.5. The number of hydrogen-bond acceptors (Lipinski definition) is 5. The molecule has 4 rings (SSSR count). The quantitative estimate of drug-likeness (QED) is 0.426. The Balaban J connectivity index is 1.92. The SMILES string of the molecule is CSc1nc(O)c(C2NCCc3c2[nH]c2ccccc32)c(=O)[nH]1. The second-order valence-corrected chi connectivity index (χ2v) is 6.31. The van der Waals surface area contributed by atoms with Crippen molar-refractivity contribution in [3.63, 3.8) is 0 Å². The third-order valence-corrected chi connectivity index (χ3v) is 4.83. The number of nitrogens with one attached hydrogen (secondary N) is 3. The van der Waals surface area contributed by atoms with E-state index in [1.807, 2.05) is 18.2 Å². The maximum Gasteiger partial charge on any atom is 0.260 e. The highest BCUT2D eigenvalue weighted by Crippen LogP contribution is 2.34. The monoisotopic (exact) mass is 328 g/mol. The molecule has 4 N–H and O–H groups in total. The van der Waals surface area contributed by atoms with Gasteiger partial charge in [0.1, 0.15) is 5.56 Å². The largest absolute Gasteiger partial charge is 0.493 e. The fraction of sp³-hybridized carbons (Fsp3) is 0.250. The Hall–Kier alpha value is -2.25. The van der Waals surface area contributed by atoms with Crippen LogP contribution in [0.2, 0.25) is 0 Å². The van der Waals surface area contributed by atoms with Crippen LogP contribution >= 0.6 is 11.8 Å². The fourth-order valence-electron chi connectivity index (χ4n) is 3.23. The molecule has 2 aromatic heterocycles. The van der Waals surface area contributed by atoms with Gasteiger partial charge >= 0.3 is 0 Å². The van der Waals surface area contributed by atoms with Gasteiger partial charge in [0.05, 0.1) is 6.04 Å². The van der Waals surface area contributed by atoms with Crippen molar-refractivity contribution < 1.29 is 5.11 Å². The number of fused-ring (bicyclic) bond motifs is 3. The van der Waals surface area contributed by atoms with Gasteiger partial charge in [-0.3, -0.25) is 4.79 Å². The average molecular weight is 328 g/mol. The predicted octanol–water partition coefficient (Wildman–Crippen LogP) is 1.91. The topological polar surface area (TPSA) is 93.8 Å². The molecule has 3 aromatic rings. The summed E-state index contributed by atoms with van der Waals surface area (Å²) in [6, 6.07) is 7.69. The Morgan fingerprint density at radius 1 is 1.30 bits per heavy atom. The smallest absolute Gasteiger partial charge is 0.260 e. The molecule has 0 spiro atoms. The van der Waals surface area contributed by atoms with Gasteiger partial charge < -0.3 is 20.4 Å². The van der Waals surface area contributed by atoms with Crippen LogP contribution in [-0.4, -0.2) is 32.9 Å². The van der Waals surface area contributed by atoms with Crippen LogP contribution in [0.15, 0.2) is 34.2 Å². The van der Waals surface area contributed by atoms with E-state index in [1.54, 1.807) is 6.26 Å². The molecule has 6 nitrogen and oxygen atoms in total. The third kappa shape index (κ3) is 2.24. The summed E-state index contributed by atoms with van der Waals surface area (Å²) in [7, 11) is 0. The normalized spacial score (nSPS) is 17.3. The first-order valence-electron chi connectivity index (χ1n) is 7.39. The van der Waals surface area contributed by atoms with Crippen molar-refractivity contribution in [3.8, 4) is 5.88 Å². The minimum absolute atomic E-state index is 0.220. The Morgan fingerprint density at radius 3 is 2.91 bits per heavy atom. The molecule has 0 bridgehead atoms. The van der Waals surface area contributed by atoms with Gasteiger partial charge in [-0.1, -0.05) is 30.0 Å². The van der Waals surface area contributed by atoms with Crippen LogP contribution in [0.3, 0.4) is 0 Å². The first-order chi connectivity index (χ1) is 11.2. The molecule has 7 heteroatoms. The fourth-order valence-corrected chi connectivity index (χ4v) is 3.61. The van der Waals surface area contributed by atoms with Crippen LogP contribution in [0, 0.1) is 0 Å². The van der Waals surface area contributed by atoms with Crippen molar-refractivity contribution in [1.82, 2.24) is 20.3 Å². The highest BCUT2D eigenvalue weighted by atomic mass is 32.2. The molecule has 0 radical (unpaired) electrons. The van der Waals surface area contributed by atoms with E-state index in [-0.39, 0.29) is 17.0 Å². The van der Waals surface area contributed by atoms with Gasteiger partial charge in [-0.2, -0.15) is 4.98 Å². The number of H-pyrrole nitrogens is 2. The number of aromatic hydroxyl groups is 1. The van der Waals surface area contributed by atoms with Gasteiger partial charge in [0, 0.05) is 23.1 Å². The Labute approximate surface area is 136 Å². The molecule has 0 amide bonds. The number of nitrogens with zero attached hydrogens (tertiary/aromatic N) is 1. The zero-order valence-corrected chi connectivity index (χ0v) is 13.3. The standard InChI is InChI=1S/C16H16N4O2S/c1-23-16-19-14(21)11(15(22)20-16)13-12-9(6-7-17-13)8-4-2-3-5-10(8)18-12/h2-5,13,17-18H,6-7H2,1H3,(H2,19,20,21,22). The third-order valence-electron chi connectivity index (χ3n) is 4.25. The van der Waals surface area contributed by atoms with Gasteiger partial charge in [-0.15, -0.1) is 0 Å². The summed E-state index contributed by atoms with van der Waals surface area (Å²) in [5.41, 5.74) is 3.10. The van der Waals surface area contributed by atoms with E-state index < -0.39 is 6.04 Å². The molecule has 118 valence electrons.